The highest BCUT2D eigenvalue weighted by molar-refractivity contribution is 7.87. The molecule has 0 bridgehead atoms. The first kappa shape index (κ1) is 16.2. The number of carbonyl (C=O) groups excluding carboxylic acids is 2. The molecule has 0 spiro atoms. The van der Waals surface area contributed by atoms with Gasteiger partial charge >= 0.3 is 22.1 Å². The second-order valence-electron chi connectivity index (χ2n) is 3.84. The molecule has 6 nitrogen and oxygen atoms in total. The molecule has 0 aromatic heterocycles. The van der Waals surface area contributed by atoms with E-state index in [1.807, 2.05) is 0 Å². The molecule has 0 aliphatic rings. The second kappa shape index (κ2) is 7.04. The van der Waals surface area contributed by atoms with Gasteiger partial charge in [-0.3, -0.25) is 4.79 Å². The van der Waals surface area contributed by atoms with Crippen LogP contribution in [0.2, 0.25) is 0 Å². The molecule has 1 atom stereocenters. The number of benzene rings is 1. The van der Waals surface area contributed by atoms with Crippen molar-refractivity contribution in [2.45, 2.75) is 19.8 Å². The van der Waals surface area contributed by atoms with Crippen LogP contribution < -0.4 is 0 Å². The first-order valence-corrected chi connectivity index (χ1v) is 7.66. The summed E-state index contributed by atoms with van der Waals surface area (Å²) < 4.78 is 31.9. The number of rotatable bonds is 6. The van der Waals surface area contributed by atoms with Gasteiger partial charge in [0.05, 0.1) is 12.4 Å². The minimum atomic E-state index is -3.98. The van der Waals surface area contributed by atoms with Gasteiger partial charge in [0, 0.05) is 0 Å². The van der Waals surface area contributed by atoms with Crippen LogP contribution in [0.1, 0.15) is 25.3 Å². The number of hydrogen-bond acceptors (Lipinski definition) is 6. The van der Waals surface area contributed by atoms with Crippen molar-refractivity contribution in [3.8, 4) is 0 Å². The Morgan fingerprint density at radius 3 is 2.20 bits per heavy atom. The molecule has 0 fully saturated rings. The topological polar surface area (TPSA) is 86.7 Å². The van der Waals surface area contributed by atoms with Gasteiger partial charge in [-0.2, -0.15) is 8.42 Å². The van der Waals surface area contributed by atoms with E-state index < -0.39 is 28.0 Å². The Balaban J connectivity index is 3.06. The fraction of sp³-hybridized carbons (Fsp3) is 0.385. The number of carbonyl (C=O) groups is 2. The van der Waals surface area contributed by atoms with Gasteiger partial charge in [0.1, 0.15) is 0 Å². The lowest BCUT2D eigenvalue weighted by Crippen LogP contribution is -2.28. The second-order valence-corrected chi connectivity index (χ2v) is 5.70. The molecule has 0 saturated heterocycles. The largest absolute Gasteiger partial charge is 0.465 e. The van der Waals surface area contributed by atoms with Gasteiger partial charge in [-0.25, -0.2) is 4.79 Å². The smallest absolute Gasteiger partial charge is 0.340 e. The Morgan fingerprint density at radius 2 is 1.70 bits per heavy atom. The van der Waals surface area contributed by atoms with Crippen LogP contribution in [0.5, 0.6) is 0 Å². The maximum atomic E-state index is 11.9. The zero-order chi connectivity index (χ0) is 15.2. The molecule has 1 aromatic carbocycles. The van der Waals surface area contributed by atoms with E-state index in [0.29, 0.717) is 5.56 Å². The van der Waals surface area contributed by atoms with E-state index in [0.717, 1.165) is 0 Å². The van der Waals surface area contributed by atoms with Crippen LogP contribution in [0.15, 0.2) is 30.3 Å². The van der Waals surface area contributed by atoms with Crippen molar-refractivity contribution >= 4 is 22.1 Å². The number of hydrogen-bond donors (Lipinski definition) is 0. The average Bonchev–Trinajstić information content (AvgIpc) is 2.40. The molecule has 110 valence electrons. The summed E-state index contributed by atoms with van der Waals surface area (Å²) in [6, 6.07) is 8.02. The van der Waals surface area contributed by atoms with E-state index in [9.17, 15) is 18.0 Å². The first-order chi connectivity index (χ1) is 9.41. The predicted molar refractivity (Wildman–Crippen MR) is 71.4 cm³/mol. The van der Waals surface area contributed by atoms with Crippen LogP contribution in [-0.2, 0) is 28.6 Å². The maximum absolute atomic E-state index is 11.9. The zero-order valence-electron chi connectivity index (χ0n) is 11.2. The van der Waals surface area contributed by atoms with E-state index in [1.165, 1.54) is 19.1 Å². The first-order valence-electron chi connectivity index (χ1n) is 6.08. The van der Waals surface area contributed by atoms with Gasteiger partial charge in [-0.05, 0) is 19.4 Å². The fourth-order valence-electron chi connectivity index (χ4n) is 1.47. The third kappa shape index (κ3) is 4.34. The van der Waals surface area contributed by atoms with Gasteiger partial charge < -0.3 is 8.92 Å². The van der Waals surface area contributed by atoms with Gasteiger partial charge in [0.2, 0.25) is 0 Å². The van der Waals surface area contributed by atoms with Gasteiger partial charge in [-0.15, -0.1) is 0 Å². The normalized spacial score (nSPS) is 12.5. The van der Waals surface area contributed by atoms with Crippen molar-refractivity contribution in [1.29, 1.82) is 0 Å². The Bertz CT molecular complexity index is 564. The van der Waals surface area contributed by atoms with Crippen molar-refractivity contribution in [2.24, 2.45) is 0 Å². The third-order valence-electron chi connectivity index (χ3n) is 2.45. The Morgan fingerprint density at radius 1 is 1.10 bits per heavy atom. The minimum absolute atomic E-state index is 0.0793. The highest BCUT2D eigenvalue weighted by Gasteiger charge is 2.34. The lowest BCUT2D eigenvalue weighted by Gasteiger charge is -2.14. The summed E-state index contributed by atoms with van der Waals surface area (Å²) in [6.45, 7) is 3.01. The molecule has 0 radical (unpaired) electrons. The van der Waals surface area contributed by atoms with Crippen LogP contribution in [0.25, 0.3) is 0 Å². The van der Waals surface area contributed by atoms with Crippen LogP contribution in [0.4, 0.5) is 0 Å². The summed E-state index contributed by atoms with van der Waals surface area (Å²) in [5.74, 6) is -3.76. The minimum Gasteiger partial charge on any atom is -0.465 e. The van der Waals surface area contributed by atoms with Crippen LogP contribution >= 0.6 is 0 Å². The molecule has 0 aliphatic heterocycles. The Hall–Kier alpha value is -1.89. The quantitative estimate of drug-likeness (QED) is 0.446. The van der Waals surface area contributed by atoms with Gasteiger partial charge in [0.25, 0.3) is 0 Å². The molecule has 0 amide bonds. The molecule has 1 rings (SSSR count). The van der Waals surface area contributed by atoms with Crippen molar-refractivity contribution < 1.29 is 26.9 Å². The lowest BCUT2D eigenvalue weighted by molar-refractivity contribution is -0.152. The Labute approximate surface area is 117 Å². The maximum Gasteiger partial charge on any atom is 0.340 e. The molecule has 0 heterocycles. The molecule has 0 saturated carbocycles. The molecular weight excluding hydrogens is 284 g/mol. The average molecular weight is 300 g/mol. The van der Waals surface area contributed by atoms with Crippen LogP contribution in [0.3, 0.4) is 0 Å². The van der Waals surface area contributed by atoms with E-state index in [4.69, 9.17) is 4.74 Å². The standard InChI is InChI=1S/C13H16O6S/c1-3-18-12(14)11(10-8-6-5-7-9-10)13(15)19-20(16,17)4-2/h5-9,11H,3-4H2,1-2H3. The number of ether oxygens (including phenoxy) is 1. The lowest BCUT2D eigenvalue weighted by atomic mass is 10.00. The summed E-state index contributed by atoms with van der Waals surface area (Å²) in [6.07, 6.45) is 0. The Kier molecular flexibility index (Phi) is 5.69. The fourth-order valence-corrected chi connectivity index (χ4v) is 1.94. The third-order valence-corrected chi connectivity index (χ3v) is 3.58. The van der Waals surface area contributed by atoms with Gasteiger partial charge in [-0.1, -0.05) is 30.3 Å². The summed E-state index contributed by atoms with van der Waals surface area (Å²) in [5, 5.41) is 0. The summed E-state index contributed by atoms with van der Waals surface area (Å²) in [4.78, 5) is 23.8. The van der Waals surface area contributed by atoms with Crippen molar-refractivity contribution in [3.05, 3.63) is 35.9 Å². The van der Waals surface area contributed by atoms with Crippen molar-refractivity contribution in [1.82, 2.24) is 0 Å². The molecule has 20 heavy (non-hydrogen) atoms. The highest BCUT2D eigenvalue weighted by Crippen LogP contribution is 2.20. The van der Waals surface area contributed by atoms with E-state index in [1.54, 1.807) is 25.1 Å². The SMILES string of the molecule is CCOC(=O)C(C(=O)OS(=O)(=O)CC)c1ccccc1. The highest BCUT2D eigenvalue weighted by atomic mass is 32.2. The van der Waals surface area contributed by atoms with Crippen LogP contribution in [0, 0.1) is 0 Å². The van der Waals surface area contributed by atoms with E-state index in [-0.39, 0.29) is 12.4 Å². The molecule has 0 aliphatic carbocycles. The predicted octanol–water partition coefficient (Wildman–Crippen LogP) is 1.23. The van der Waals surface area contributed by atoms with E-state index in [2.05, 4.69) is 4.18 Å². The molecule has 1 aromatic rings. The molecule has 1 unspecified atom stereocenters. The molecular formula is C13H16O6S. The summed E-state index contributed by atoms with van der Waals surface area (Å²) in [7, 11) is -3.98. The van der Waals surface area contributed by atoms with Gasteiger partial charge in [0.15, 0.2) is 5.92 Å². The summed E-state index contributed by atoms with van der Waals surface area (Å²) >= 11 is 0. The van der Waals surface area contributed by atoms with Crippen LogP contribution in [-0.4, -0.2) is 32.7 Å². The molecule has 7 heteroatoms. The zero-order valence-corrected chi connectivity index (χ0v) is 12.1. The summed E-state index contributed by atoms with van der Waals surface area (Å²) in [5.41, 5.74) is 0.322. The monoisotopic (exact) mass is 300 g/mol. The van der Waals surface area contributed by atoms with Crippen molar-refractivity contribution in [3.63, 3.8) is 0 Å². The molecule has 0 N–H and O–H groups in total. The van der Waals surface area contributed by atoms with Crippen molar-refractivity contribution in [2.75, 3.05) is 12.4 Å². The number of esters is 1. The van der Waals surface area contributed by atoms with E-state index >= 15 is 0 Å².